The number of rotatable bonds is 5. The van der Waals surface area contributed by atoms with E-state index in [0.29, 0.717) is 6.42 Å². The number of aliphatic imine (C=N–C) groups is 1. The number of nitriles is 1. The van der Waals surface area contributed by atoms with Crippen molar-refractivity contribution in [2.24, 2.45) is 4.99 Å². The Morgan fingerprint density at radius 3 is 2.84 bits per heavy atom. The van der Waals surface area contributed by atoms with E-state index >= 15 is 0 Å². The van der Waals surface area contributed by atoms with Gasteiger partial charge < -0.3 is 10.2 Å². The number of aliphatic hydroxyl groups excluding tert-OH is 1. The normalized spacial score (nSPS) is 12.6. The van der Waals surface area contributed by atoms with Crippen LogP contribution < -0.4 is 5.32 Å². The summed E-state index contributed by atoms with van der Waals surface area (Å²) in [4.78, 5) is 14.6. The molecule has 0 bridgehead atoms. The summed E-state index contributed by atoms with van der Waals surface area (Å²) in [5.41, 5.74) is 1.97. The first-order valence-corrected chi connectivity index (χ1v) is 5.67. The van der Waals surface area contributed by atoms with Gasteiger partial charge >= 0.3 is 5.97 Å². The SMILES string of the molecule is Cc1cccc(CC(=N[C@@H](CO)C(=O)O)NC#N)c1. The molecule has 0 saturated carbocycles. The minimum atomic E-state index is -1.26. The first kappa shape index (κ1) is 14.7. The summed E-state index contributed by atoms with van der Waals surface area (Å²) >= 11 is 0. The van der Waals surface area contributed by atoms with Crippen LogP contribution in [0.2, 0.25) is 0 Å². The number of nitrogens with zero attached hydrogens (tertiary/aromatic N) is 2. The molecule has 0 radical (unpaired) electrons. The third kappa shape index (κ3) is 4.77. The number of carboxylic acids is 1. The lowest BCUT2D eigenvalue weighted by atomic mass is 10.1. The van der Waals surface area contributed by atoms with E-state index in [1.54, 1.807) is 6.19 Å². The van der Waals surface area contributed by atoms with Gasteiger partial charge in [-0.3, -0.25) is 10.3 Å². The number of aliphatic hydroxyl groups is 1. The Balaban J connectivity index is 2.92. The second-order valence-electron chi connectivity index (χ2n) is 4.02. The summed E-state index contributed by atoms with van der Waals surface area (Å²) in [5, 5.41) is 28.7. The predicted molar refractivity (Wildman–Crippen MR) is 69.6 cm³/mol. The number of hydrogen-bond donors (Lipinski definition) is 3. The second kappa shape index (κ2) is 7.13. The summed E-state index contributed by atoms with van der Waals surface area (Å²) in [6.07, 6.45) is 2.02. The number of amidine groups is 1. The minimum Gasteiger partial charge on any atom is -0.480 e. The molecule has 0 unspecified atom stereocenters. The van der Waals surface area contributed by atoms with Gasteiger partial charge in [-0.15, -0.1) is 0 Å². The highest BCUT2D eigenvalue weighted by Crippen LogP contribution is 2.06. The standard InChI is InChI=1S/C13H15N3O3/c1-9-3-2-4-10(5-9)6-12(15-8-14)16-11(7-17)13(18)19/h2-5,11,17H,6-7H2,1H3,(H,15,16)(H,18,19)/t11-/m0/s1. The maximum atomic E-state index is 10.8. The molecule has 0 fully saturated rings. The zero-order chi connectivity index (χ0) is 14.3. The van der Waals surface area contributed by atoms with Crippen molar-refractivity contribution in [2.75, 3.05) is 6.61 Å². The molecule has 19 heavy (non-hydrogen) atoms. The average molecular weight is 261 g/mol. The van der Waals surface area contributed by atoms with Crippen LogP contribution in [0.4, 0.5) is 0 Å². The maximum Gasteiger partial charge on any atom is 0.330 e. The number of benzene rings is 1. The van der Waals surface area contributed by atoms with Crippen molar-refractivity contribution in [2.45, 2.75) is 19.4 Å². The van der Waals surface area contributed by atoms with Crippen LogP contribution in [0.5, 0.6) is 0 Å². The van der Waals surface area contributed by atoms with Gasteiger partial charge in [0.2, 0.25) is 0 Å². The molecule has 100 valence electrons. The Labute approximate surface area is 111 Å². The maximum absolute atomic E-state index is 10.8. The van der Waals surface area contributed by atoms with Crippen LogP contribution in [-0.2, 0) is 11.2 Å². The number of hydrogen-bond acceptors (Lipinski definition) is 4. The Morgan fingerprint density at radius 2 is 2.32 bits per heavy atom. The summed E-state index contributed by atoms with van der Waals surface area (Å²) in [6.45, 7) is 1.32. The average Bonchev–Trinajstić information content (AvgIpc) is 2.35. The Kier molecular flexibility index (Phi) is 5.51. The number of aliphatic carboxylic acids is 1. The Morgan fingerprint density at radius 1 is 1.58 bits per heavy atom. The van der Waals surface area contributed by atoms with Crippen molar-refractivity contribution in [3.05, 3.63) is 35.4 Å². The first-order chi connectivity index (χ1) is 9.06. The van der Waals surface area contributed by atoms with Gasteiger partial charge in [-0.05, 0) is 12.5 Å². The molecular weight excluding hydrogens is 246 g/mol. The fourth-order valence-corrected chi connectivity index (χ4v) is 1.56. The van der Waals surface area contributed by atoms with Crippen LogP contribution in [0.1, 0.15) is 11.1 Å². The van der Waals surface area contributed by atoms with Crippen LogP contribution in [0.25, 0.3) is 0 Å². The summed E-state index contributed by atoms with van der Waals surface area (Å²) in [7, 11) is 0. The topological polar surface area (TPSA) is 106 Å². The third-order valence-electron chi connectivity index (χ3n) is 2.42. The first-order valence-electron chi connectivity index (χ1n) is 5.67. The zero-order valence-corrected chi connectivity index (χ0v) is 10.5. The summed E-state index contributed by atoms with van der Waals surface area (Å²) < 4.78 is 0. The van der Waals surface area contributed by atoms with Crippen LogP contribution in [-0.4, -0.2) is 34.7 Å². The molecule has 6 heteroatoms. The molecule has 0 aromatic heterocycles. The van der Waals surface area contributed by atoms with Crippen LogP contribution in [0, 0.1) is 18.4 Å². The third-order valence-corrected chi connectivity index (χ3v) is 2.42. The van der Waals surface area contributed by atoms with E-state index < -0.39 is 18.6 Å². The van der Waals surface area contributed by atoms with Crippen LogP contribution in [0.15, 0.2) is 29.3 Å². The number of carboxylic acid groups (broad SMARTS) is 1. The second-order valence-corrected chi connectivity index (χ2v) is 4.02. The van der Waals surface area contributed by atoms with Crippen LogP contribution in [0.3, 0.4) is 0 Å². The number of aryl methyl sites for hydroxylation is 1. The Bertz CT molecular complexity index is 520. The molecule has 0 spiro atoms. The molecule has 0 heterocycles. The van der Waals surface area contributed by atoms with Crippen LogP contribution >= 0.6 is 0 Å². The van der Waals surface area contributed by atoms with Crippen molar-refractivity contribution in [3.63, 3.8) is 0 Å². The lowest BCUT2D eigenvalue weighted by molar-refractivity contribution is -0.139. The summed E-state index contributed by atoms with van der Waals surface area (Å²) in [5.74, 6) is -1.02. The number of carbonyl (C=O) groups is 1. The highest BCUT2D eigenvalue weighted by molar-refractivity contribution is 5.88. The molecule has 1 aromatic carbocycles. The zero-order valence-electron chi connectivity index (χ0n) is 10.5. The van der Waals surface area contributed by atoms with Gasteiger partial charge in [0.25, 0.3) is 0 Å². The van der Waals surface area contributed by atoms with Gasteiger partial charge in [-0.2, -0.15) is 5.26 Å². The van der Waals surface area contributed by atoms with E-state index in [0.717, 1.165) is 11.1 Å². The van der Waals surface area contributed by atoms with Gasteiger partial charge in [0.05, 0.1) is 6.61 Å². The molecule has 1 aromatic rings. The summed E-state index contributed by atoms with van der Waals surface area (Å²) in [6, 6.07) is 6.32. The molecule has 3 N–H and O–H groups in total. The lowest BCUT2D eigenvalue weighted by Crippen LogP contribution is -2.29. The van der Waals surface area contributed by atoms with Gasteiger partial charge in [0, 0.05) is 6.42 Å². The largest absolute Gasteiger partial charge is 0.480 e. The molecule has 1 atom stereocenters. The molecule has 0 amide bonds. The van der Waals surface area contributed by atoms with Crippen molar-refractivity contribution < 1.29 is 15.0 Å². The molecule has 1 rings (SSSR count). The van der Waals surface area contributed by atoms with Crippen molar-refractivity contribution >= 4 is 11.8 Å². The van der Waals surface area contributed by atoms with Gasteiger partial charge in [0.1, 0.15) is 5.84 Å². The monoisotopic (exact) mass is 261 g/mol. The fraction of sp³-hybridized carbons (Fsp3) is 0.308. The van der Waals surface area contributed by atoms with Gasteiger partial charge in [0.15, 0.2) is 12.2 Å². The molecule has 0 aliphatic carbocycles. The highest BCUT2D eigenvalue weighted by Gasteiger charge is 2.16. The molecule has 0 saturated heterocycles. The molecule has 6 nitrogen and oxygen atoms in total. The molecular formula is C13H15N3O3. The van der Waals surface area contributed by atoms with E-state index in [1.807, 2.05) is 31.2 Å². The van der Waals surface area contributed by atoms with Gasteiger partial charge in [-0.1, -0.05) is 29.8 Å². The Hall–Kier alpha value is -2.39. The van der Waals surface area contributed by atoms with E-state index in [4.69, 9.17) is 15.5 Å². The van der Waals surface area contributed by atoms with E-state index in [9.17, 15) is 4.79 Å². The minimum absolute atomic E-state index is 0.217. The van der Waals surface area contributed by atoms with Crippen molar-refractivity contribution in [3.8, 4) is 6.19 Å². The van der Waals surface area contributed by atoms with E-state index in [2.05, 4.69) is 10.3 Å². The highest BCUT2D eigenvalue weighted by atomic mass is 16.4. The van der Waals surface area contributed by atoms with E-state index in [1.165, 1.54) is 0 Å². The molecule has 0 aliphatic rings. The predicted octanol–water partition coefficient (Wildman–Crippen LogP) is 0.452. The molecule has 0 aliphatic heterocycles. The lowest BCUT2D eigenvalue weighted by Gasteiger charge is -2.09. The quantitative estimate of drug-likeness (QED) is 0.309. The fourth-order valence-electron chi connectivity index (χ4n) is 1.56. The van der Waals surface area contributed by atoms with E-state index in [-0.39, 0.29) is 5.84 Å². The van der Waals surface area contributed by atoms with Crippen molar-refractivity contribution in [1.29, 1.82) is 5.26 Å². The van der Waals surface area contributed by atoms with Gasteiger partial charge in [-0.25, -0.2) is 4.79 Å². The van der Waals surface area contributed by atoms with Crippen molar-refractivity contribution in [1.82, 2.24) is 5.32 Å². The smallest absolute Gasteiger partial charge is 0.330 e. The number of nitrogens with one attached hydrogen (secondary N) is 1.